The summed E-state index contributed by atoms with van der Waals surface area (Å²) in [6, 6.07) is 7.53. The monoisotopic (exact) mass is 385 g/mol. The van der Waals surface area contributed by atoms with Gasteiger partial charge >= 0.3 is 6.09 Å². The van der Waals surface area contributed by atoms with Crippen LogP contribution < -0.4 is 16.8 Å². The number of carbonyl (C=O) groups excluding carboxylic acids is 2. The SMILES string of the molecule is CCCc1nc(Nc2cccc([C@@H](C)COC(N)=O)c2)c(C(N)=O)nc1CC. The normalized spacial score (nSPS) is 11.7. The zero-order valence-electron chi connectivity index (χ0n) is 16.5. The molecule has 150 valence electrons. The molecule has 0 bridgehead atoms. The van der Waals surface area contributed by atoms with Crippen molar-refractivity contribution in [1.29, 1.82) is 0 Å². The van der Waals surface area contributed by atoms with Gasteiger partial charge in [-0.25, -0.2) is 14.8 Å². The highest BCUT2D eigenvalue weighted by molar-refractivity contribution is 5.96. The van der Waals surface area contributed by atoms with Gasteiger partial charge in [0.05, 0.1) is 18.0 Å². The summed E-state index contributed by atoms with van der Waals surface area (Å²) < 4.78 is 4.87. The fourth-order valence-corrected chi connectivity index (χ4v) is 2.85. The highest BCUT2D eigenvalue weighted by Crippen LogP contribution is 2.24. The highest BCUT2D eigenvalue weighted by atomic mass is 16.5. The van der Waals surface area contributed by atoms with Crippen LogP contribution in [0.3, 0.4) is 0 Å². The Hall–Kier alpha value is -3.16. The number of nitrogens with one attached hydrogen (secondary N) is 1. The third kappa shape index (κ3) is 5.42. The Kier molecular flexibility index (Phi) is 7.31. The first-order valence-electron chi connectivity index (χ1n) is 9.34. The predicted octanol–water partition coefficient (Wildman–Crippen LogP) is 3.03. The van der Waals surface area contributed by atoms with Crippen molar-refractivity contribution in [3.8, 4) is 0 Å². The van der Waals surface area contributed by atoms with E-state index >= 15 is 0 Å². The third-order valence-corrected chi connectivity index (χ3v) is 4.30. The van der Waals surface area contributed by atoms with Gasteiger partial charge in [0.25, 0.3) is 5.91 Å². The zero-order valence-corrected chi connectivity index (χ0v) is 16.5. The van der Waals surface area contributed by atoms with Crippen molar-refractivity contribution in [2.75, 3.05) is 11.9 Å². The Balaban J connectivity index is 2.33. The Morgan fingerprint density at radius 2 is 1.93 bits per heavy atom. The molecular formula is C20H27N5O3. The molecule has 1 heterocycles. The molecule has 8 heteroatoms. The topological polar surface area (TPSA) is 133 Å². The molecule has 0 saturated carbocycles. The summed E-state index contributed by atoms with van der Waals surface area (Å²) in [7, 11) is 0. The van der Waals surface area contributed by atoms with Crippen LogP contribution in [0, 0.1) is 0 Å². The highest BCUT2D eigenvalue weighted by Gasteiger charge is 2.17. The molecule has 1 atom stereocenters. The van der Waals surface area contributed by atoms with Gasteiger partial charge < -0.3 is 21.5 Å². The average Bonchev–Trinajstić information content (AvgIpc) is 2.66. The number of nitrogens with zero attached hydrogens (tertiary/aromatic N) is 2. The Bertz CT molecular complexity index is 854. The van der Waals surface area contributed by atoms with E-state index in [0.29, 0.717) is 12.2 Å². The summed E-state index contributed by atoms with van der Waals surface area (Å²) in [6.07, 6.45) is 1.56. The summed E-state index contributed by atoms with van der Waals surface area (Å²) in [6.45, 7) is 6.14. The minimum atomic E-state index is -0.804. The van der Waals surface area contributed by atoms with Crippen LogP contribution in [-0.2, 0) is 17.6 Å². The summed E-state index contributed by atoms with van der Waals surface area (Å²) in [4.78, 5) is 31.8. The predicted molar refractivity (Wildman–Crippen MR) is 108 cm³/mol. The van der Waals surface area contributed by atoms with Gasteiger partial charge in [-0.15, -0.1) is 0 Å². The first-order chi connectivity index (χ1) is 13.3. The number of rotatable bonds is 9. The Morgan fingerprint density at radius 3 is 2.54 bits per heavy atom. The second kappa shape index (κ2) is 9.68. The number of hydrogen-bond donors (Lipinski definition) is 3. The van der Waals surface area contributed by atoms with Gasteiger partial charge in [0.2, 0.25) is 0 Å². The maximum Gasteiger partial charge on any atom is 0.404 e. The van der Waals surface area contributed by atoms with Gasteiger partial charge in [0, 0.05) is 11.6 Å². The number of nitrogens with two attached hydrogens (primary N) is 2. The number of aromatic nitrogens is 2. The van der Waals surface area contributed by atoms with Crippen LogP contribution in [0.5, 0.6) is 0 Å². The zero-order chi connectivity index (χ0) is 20.7. The smallest absolute Gasteiger partial charge is 0.404 e. The summed E-state index contributed by atoms with van der Waals surface area (Å²) >= 11 is 0. The summed E-state index contributed by atoms with van der Waals surface area (Å²) in [5.74, 6) is -0.340. The van der Waals surface area contributed by atoms with Crippen molar-refractivity contribution < 1.29 is 14.3 Å². The van der Waals surface area contributed by atoms with Crippen LogP contribution in [-0.4, -0.2) is 28.6 Å². The number of benzene rings is 1. The third-order valence-electron chi connectivity index (χ3n) is 4.30. The molecule has 0 radical (unpaired) electrons. The molecule has 0 aliphatic heterocycles. The fourth-order valence-electron chi connectivity index (χ4n) is 2.85. The number of carbonyl (C=O) groups is 2. The van der Waals surface area contributed by atoms with Gasteiger partial charge in [-0.3, -0.25) is 4.79 Å². The first kappa shape index (κ1) is 21.1. The van der Waals surface area contributed by atoms with E-state index in [-0.39, 0.29) is 18.2 Å². The molecule has 0 unspecified atom stereocenters. The maximum absolute atomic E-state index is 11.9. The van der Waals surface area contributed by atoms with E-state index < -0.39 is 12.0 Å². The number of primary amides is 2. The lowest BCUT2D eigenvalue weighted by Crippen LogP contribution is -2.19. The molecule has 0 saturated heterocycles. The van der Waals surface area contributed by atoms with E-state index in [1.165, 1.54) is 0 Å². The molecule has 0 aliphatic rings. The van der Waals surface area contributed by atoms with Gasteiger partial charge in [-0.1, -0.05) is 39.3 Å². The molecular weight excluding hydrogens is 358 g/mol. The molecule has 8 nitrogen and oxygen atoms in total. The molecule has 2 amide bonds. The number of hydrogen-bond acceptors (Lipinski definition) is 6. The van der Waals surface area contributed by atoms with Crippen LogP contribution >= 0.6 is 0 Å². The number of aryl methyl sites for hydroxylation is 2. The minimum Gasteiger partial charge on any atom is -0.449 e. The van der Waals surface area contributed by atoms with E-state index in [2.05, 4.69) is 22.2 Å². The van der Waals surface area contributed by atoms with Crippen molar-refractivity contribution in [2.24, 2.45) is 11.5 Å². The van der Waals surface area contributed by atoms with E-state index in [0.717, 1.165) is 35.5 Å². The molecule has 2 rings (SSSR count). The number of amides is 2. The second-order valence-corrected chi connectivity index (χ2v) is 6.56. The van der Waals surface area contributed by atoms with E-state index in [4.69, 9.17) is 16.2 Å². The summed E-state index contributed by atoms with van der Waals surface area (Å²) in [5.41, 5.74) is 14.0. The first-order valence-corrected chi connectivity index (χ1v) is 9.34. The van der Waals surface area contributed by atoms with Crippen LogP contribution in [0.1, 0.15) is 60.5 Å². The maximum atomic E-state index is 11.9. The molecule has 0 spiro atoms. The van der Waals surface area contributed by atoms with Crippen molar-refractivity contribution in [3.05, 3.63) is 46.9 Å². The van der Waals surface area contributed by atoms with Crippen LogP contribution in [0.15, 0.2) is 24.3 Å². The molecule has 0 aliphatic carbocycles. The van der Waals surface area contributed by atoms with Crippen molar-refractivity contribution in [3.63, 3.8) is 0 Å². The van der Waals surface area contributed by atoms with Crippen LogP contribution in [0.2, 0.25) is 0 Å². The molecule has 2 aromatic rings. The van der Waals surface area contributed by atoms with Crippen molar-refractivity contribution in [1.82, 2.24) is 9.97 Å². The lowest BCUT2D eigenvalue weighted by atomic mass is 10.0. The van der Waals surface area contributed by atoms with Crippen molar-refractivity contribution >= 4 is 23.5 Å². The van der Waals surface area contributed by atoms with E-state index in [1.807, 2.05) is 38.1 Å². The Morgan fingerprint density at radius 1 is 1.18 bits per heavy atom. The van der Waals surface area contributed by atoms with E-state index in [9.17, 15) is 9.59 Å². The molecule has 28 heavy (non-hydrogen) atoms. The molecule has 0 fully saturated rings. The van der Waals surface area contributed by atoms with Gasteiger partial charge in [0.1, 0.15) is 0 Å². The summed E-state index contributed by atoms with van der Waals surface area (Å²) in [5, 5.41) is 3.16. The minimum absolute atomic E-state index is 0.0472. The number of anilines is 2. The van der Waals surface area contributed by atoms with E-state index in [1.54, 1.807) is 0 Å². The lowest BCUT2D eigenvalue weighted by Gasteiger charge is -2.16. The van der Waals surface area contributed by atoms with Crippen molar-refractivity contribution in [2.45, 2.75) is 46.0 Å². The average molecular weight is 385 g/mol. The van der Waals surface area contributed by atoms with Gasteiger partial charge in [-0.2, -0.15) is 0 Å². The van der Waals surface area contributed by atoms with Gasteiger partial charge in [-0.05, 0) is 30.5 Å². The standard InChI is InChI=1S/C20H27N5O3/c1-4-7-16-15(5-2)24-17(18(21)26)19(25-16)23-14-9-6-8-13(10-14)12(3)11-28-20(22)27/h6,8-10,12H,4-5,7,11H2,1-3H3,(H2,21,26)(H2,22,27)(H,23,25)/t12-/m0/s1. The Labute approximate surface area is 164 Å². The lowest BCUT2D eigenvalue weighted by molar-refractivity contribution is 0.0995. The van der Waals surface area contributed by atoms with Crippen LogP contribution in [0.25, 0.3) is 0 Å². The largest absolute Gasteiger partial charge is 0.449 e. The molecule has 1 aromatic heterocycles. The fraction of sp³-hybridized carbons (Fsp3) is 0.400. The van der Waals surface area contributed by atoms with Gasteiger partial charge in [0.15, 0.2) is 11.5 Å². The van der Waals surface area contributed by atoms with Crippen LogP contribution in [0.4, 0.5) is 16.3 Å². The second-order valence-electron chi connectivity index (χ2n) is 6.56. The molecule has 1 aromatic carbocycles. The number of ether oxygens (including phenoxy) is 1. The molecule has 5 N–H and O–H groups in total. The quantitative estimate of drug-likeness (QED) is 0.607.